The number of aryl methyl sites for hydroxylation is 1. The van der Waals surface area contributed by atoms with Crippen LogP contribution in [0.4, 0.5) is 4.39 Å². The third kappa shape index (κ3) is 6.04. The number of rotatable bonds is 6. The quantitative estimate of drug-likeness (QED) is 0.566. The van der Waals surface area contributed by atoms with Crippen molar-refractivity contribution >= 4 is 5.96 Å². The molecule has 158 valence electrons. The Kier molecular flexibility index (Phi) is 7.81. The summed E-state index contributed by atoms with van der Waals surface area (Å²) in [5.74, 6) is 0.356. The Hall–Kier alpha value is -2.91. The molecule has 0 amide bonds. The van der Waals surface area contributed by atoms with Gasteiger partial charge in [-0.25, -0.2) is 9.38 Å². The van der Waals surface area contributed by atoms with E-state index in [2.05, 4.69) is 51.7 Å². The van der Waals surface area contributed by atoms with Crippen molar-refractivity contribution in [3.63, 3.8) is 0 Å². The van der Waals surface area contributed by atoms with E-state index in [4.69, 9.17) is 5.26 Å². The van der Waals surface area contributed by atoms with Gasteiger partial charge in [0.1, 0.15) is 5.82 Å². The molecule has 0 bridgehead atoms. The summed E-state index contributed by atoms with van der Waals surface area (Å²) in [6.07, 6.45) is 2.07. The van der Waals surface area contributed by atoms with E-state index in [9.17, 15) is 4.39 Å². The molecule has 1 aliphatic heterocycles. The molecule has 0 aliphatic carbocycles. The number of guanidine groups is 1. The molecule has 6 heteroatoms. The lowest BCUT2D eigenvalue weighted by molar-refractivity contribution is 0.198. The van der Waals surface area contributed by atoms with Gasteiger partial charge in [-0.1, -0.05) is 24.3 Å². The zero-order valence-electron chi connectivity index (χ0n) is 17.8. The molecule has 1 saturated heterocycles. The van der Waals surface area contributed by atoms with Crippen LogP contribution in [0.3, 0.4) is 0 Å². The molecule has 5 nitrogen and oxygen atoms in total. The highest BCUT2D eigenvalue weighted by atomic mass is 19.1. The van der Waals surface area contributed by atoms with Crippen LogP contribution in [0.1, 0.15) is 42.0 Å². The van der Waals surface area contributed by atoms with Crippen LogP contribution in [0.5, 0.6) is 0 Å². The number of hydrogen-bond acceptors (Lipinski definition) is 3. The van der Waals surface area contributed by atoms with Crippen molar-refractivity contribution in [3.05, 3.63) is 70.5 Å². The molecule has 0 atom stereocenters. The number of nitriles is 1. The second kappa shape index (κ2) is 10.7. The first-order chi connectivity index (χ1) is 14.6. The third-order valence-electron chi connectivity index (χ3n) is 5.51. The van der Waals surface area contributed by atoms with E-state index in [1.807, 2.05) is 13.0 Å². The first-order valence-electron chi connectivity index (χ1n) is 10.6. The van der Waals surface area contributed by atoms with Gasteiger partial charge in [0, 0.05) is 37.8 Å². The van der Waals surface area contributed by atoms with Gasteiger partial charge in [-0.2, -0.15) is 5.26 Å². The second-order valence-electron chi connectivity index (χ2n) is 7.73. The Balaban J connectivity index is 1.55. The number of halogens is 1. The smallest absolute Gasteiger partial charge is 0.191 e. The number of nitrogens with zero attached hydrogens (tertiary/aromatic N) is 3. The lowest BCUT2D eigenvalue weighted by atomic mass is 10.0. The Bertz CT molecular complexity index is 910. The van der Waals surface area contributed by atoms with Gasteiger partial charge in [-0.05, 0) is 56.0 Å². The van der Waals surface area contributed by atoms with E-state index in [0.29, 0.717) is 23.1 Å². The number of benzene rings is 2. The molecule has 2 aromatic rings. The van der Waals surface area contributed by atoms with E-state index in [0.717, 1.165) is 39.0 Å². The van der Waals surface area contributed by atoms with E-state index in [-0.39, 0.29) is 12.4 Å². The van der Waals surface area contributed by atoms with Crippen molar-refractivity contribution in [2.75, 3.05) is 19.6 Å². The van der Waals surface area contributed by atoms with Crippen LogP contribution >= 0.6 is 0 Å². The maximum atomic E-state index is 14.0. The molecule has 1 aliphatic rings. The molecule has 0 unspecified atom stereocenters. The number of piperidine rings is 1. The maximum absolute atomic E-state index is 14.0. The van der Waals surface area contributed by atoms with E-state index in [1.54, 1.807) is 6.07 Å². The SMILES string of the molecule is CCNC(=NCc1cc(C#N)ccc1F)NC1CCN(Cc2ccccc2C)CC1. The minimum Gasteiger partial charge on any atom is -0.357 e. The van der Waals surface area contributed by atoms with E-state index in [1.165, 1.54) is 23.3 Å². The van der Waals surface area contributed by atoms with Crippen LogP contribution in [-0.2, 0) is 13.1 Å². The van der Waals surface area contributed by atoms with Crippen molar-refractivity contribution in [2.24, 2.45) is 4.99 Å². The first-order valence-corrected chi connectivity index (χ1v) is 10.6. The van der Waals surface area contributed by atoms with E-state index < -0.39 is 0 Å². The molecular weight excluding hydrogens is 377 g/mol. The summed E-state index contributed by atoms with van der Waals surface area (Å²) in [5.41, 5.74) is 3.60. The Labute approximate surface area is 178 Å². The summed E-state index contributed by atoms with van der Waals surface area (Å²) < 4.78 is 14.0. The highest BCUT2D eigenvalue weighted by Gasteiger charge is 2.20. The fourth-order valence-corrected chi connectivity index (χ4v) is 3.71. The fourth-order valence-electron chi connectivity index (χ4n) is 3.71. The average Bonchev–Trinajstić information content (AvgIpc) is 2.76. The summed E-state index contributed by atoms with van der Waals surface area (Å²) in [6.45, 7) is 8.16. The first kappa shape index (κ1) is 21.8. The molecule has 3 rings (SSSR count). The highest BCUT2D eigenvalue weighted by Crippen LogP contribution is 2.16. The Morgan fingerprint density at radius 1 is 1.20 bits per heavy atom. The van der Waals surface area contributed by atoms with Crippen LogP contribution < -0.4 is 10.6 Å². The van der Waals surface area contributed by atoms with Crippen LogP contribution in [0.25, 0.3) is 0 Å². The van der Waals surface area contributed by atoms with Gasteiger partial charge in [0.15, 0.2) is 5.96 Å². The van der Waals surface area contributed by atoms with Gasteiger partial charge in [0.25, 0.3) is 0 Å². The van der Waals surface area contributed by atoms with Gasteiger partial charge in [-0.15, -0.1) is 0 Å². The number of likely N-dealkylation sites (tertiary alicyclic amines) is 1. The summed E-state index contributed by atoms with van der Waals surface area (Å²) in [5, 5.41) is 15.8. The van der Waals surface area contributed by atoms with Crippen LogP contribution in [-0.4, -0.2) is 36.5 Å². The normalized spacial score (nSPS) is 15.6. The minimum absolute atomic E-state index is 0.197. The topological polar surface area (TPSA) is 63.5 Å². The Morgan fingerprint density at radius 2 is 1.97 bits per heavy atom. The minimum atomic E-state index is -0.335. The average molecular weight is 408 g/mol. The van der Waals surface area contributed by atoms with Crippen molar-refractivity contribution < 1.29 is 4.39 Å². The molecule has 2 aromatic carbocycles. The molecule has 1 heterocycles. The zero-order chi connectivity index (χ0) is 21.3. The van der Waals surface area contributed by atoms with Gasteiger partial charge in [-0.3, -0.25) is 4.90 Å². The third-order valence-corrected chi connectivity index (χ3v) is 5.51. The number of nitrogens with one attached hydrogen (secondary N) is 2. The van der Waals surface area contributed by atoms with Gasteiger partial charge < -0.3 is 10.6 Å². The molecular formula is C24H30FN5. The molecule has 2 N–H and O–H groups in total. The molecule has 0 radical (unpaired) electrons. The van der Waals surface area contributed by atoms with Crippen LogP contribution in [0.2, 0.25) is 0 Å². The van der Waals surface area contributed by atoms with Gasteiger partial charge in [0.2, 0.25) is 0 Å². The Morgan fingerprint density at radius 3 is 2.67 bits per heavy atom. The fraction of sp³-hybridized carbons (Fsp3) is 0.417. The lowest BCUT2D eigenvalue weighted by Crippen LogP contribution is -2.48. The highest BCUT2D eigenvalue weighted by molar-refractivity contribution is 5.80. The molecule has 0 spiro atoms. The molecule has 30 heavy (non-hydrogen) atoms. The van der Waals surface area contributed by atoms with Crippen LogP contribution in [0.15, 0.2) is 47.5 Å². The maximum Gasteiger partial charge on any atom is 0.191 e. The predicted molar refractivity (Wildman–Crippen MR) is 119 cm³/mol. The van der Waals surface area contributed by atoms with Crippen molar-refractivity contribution in [1.29, 1.82) is 5.26 Å². The van der Waals surface area contributed by atoms with Crippen molar-refractivity contribution in [2.45, 2.75) is 45.8 Å². The van der Waals surface area contributed by atoms with E-state index >= 15 is 0 Å². The lowest BCUT2D eigenvalue weighted by Gasteiger charge is -2.33. The van der Waals surface area contributed by atoms with Crippen LogP contribution in [0, 0.1) is 24.1 Å². The van der Waals surface area contributed by atoms with Gasteiger partial charge >= 0.3 is 0 Å². The predicted octanol–water partition coefficient (Wildman–Crippen LogP) is 3.73. The molecule has 1 fully saturated rings. The molecule has 0 saturated carbocycles. The summed E-state index contributed by atoms with van der Waals surface area (Å²) in [6, 6.07) is 15.3. The molecule has 0 aromatic heterocycles. The number of aliphatic imine (C=N–C) groups is 1. The van der Waals surface area contributed by atoms with Crippen molar-refractivity contribution in [3.8, 4) is 6.07 Å². The van der Waals surface area contributed by atoms with Crippen molar-refractivity contribution in [1.82, 2.24) is 15.5 Å². The number of hydrogen-bond donors (Lipinski definition) is 2. The summed E-state index contributed by atoms with van der Waals surface area (Å²) in [4.78, 5) is 7.04. The largest absolute Gasteiger partial charge is 0.357 e. The summed E-state index contributed by atoms with van der Waals surface area (Å²) >= 11 is 0. The van der Waals surface area contributed by atoms with Gasteiger partial charge in [0.05, 0.1) is 18.2 Å². The summed E-state index contributed by atoms with van der Waals surface area (Å²) in [7, 11) is 0. The standard InChI is InChI=1S/C24H30FN5/c1-3-27-24(28-16-21-14-19(15-26)8-9-23(21)25)29-22-10-12-30(13-11-22)17-20-7-5-4-6-18(20)2/h4-9,14,22H,3,10-13,16-17H2,1-2H3,(H2,27,28,29). The second-order valence-corrected chi connectivity index (χ2v) is 7.73. The monoisotopic (exact) mass is 407 g/mol. The zero-order valence-corrected chi connectivity index (χ0v) is 17.8.